The fourth-order valence-electron chi connectivity index (χ4n) is 3.00. The van der Waals surface area contributed by atoms with Crippen molar-refractivity contribution >= 4 is 35.0 Å². The van der Waals surface area contributed by atoms with E-state index in [2.05, 4.69) is 15.6 Å². The zero-order valence-corrected chi connectivity index (χ0v) is 18.2. The highest BCUT2D eigenvalue weighted by Gasteiger charge is 2.22. The van der Waals surface area contributed by atoms with Crippen molar-refractivity contribution in [1.29, 1.82) is 0 Å². The number of hydrogen-bond donors (Lipinski definition) is 3. The third-order valence-electron chi connectivity index (χ3n) is 4.56. The van der Waals surface area contributed by atoms with Crippen LogP contribution in [-0.4, -0.2) is 48.5 Å². The Hall–Kier alpha value is -4.05. The Balaban J connectivity index is 1.86. The normalized spacial score (nSPS) is 10.4. The summed E-state index contributed by atoms with van der Waals surface area (Å²) >= 11 is 6.21. The van der Waals surface area contributed by atoms with Crippen LogP contribution in [0.15, 0.2) is 42.7 Å². The Kier molecular flexibility index (Phi) is 6.64. The lowest BCUT2D eigenvalue weighted by atomic mass is 10.1. The van der Waals surface area contributed by atoms with Crippen molar-refractivity contribution < 1.29 is 23.9 Å². The first-order valence-electron chi connectivity index (χ1n) is 9.23. The van der Waals surface area contributed by atoms with Gasteiger partial charge in [-0.25, -0.2) is 4.98 Å². The van der Waals surface area contributed by atoms with Crippen LogP contribution >= 0.6 is 11.6 Å². The number of anilines is 1. The number of nitrogens with zero attached hydrogens (tertiary/aromatic N) is 2. The number of methoxy groups -OCH3 is 2. The van der Waals surface area contributed by atoms with Crippen LogP contribution in [-0.2, 0) is 0 Å². The number of carbonyl (C=O) groups is 3. The van der Waals surface area contributed by atoms with Crippen LogP contribution in [0.2, 0.25) is 5.02 Å². The van der Waals surface area contributed by atoms with Gasteiger partial charge in [-0.2, -0.15) is 0 Å². The third kappa shape index (κ3) is 4.35. The Bertz CT molecular complexity index is 1190. The molecule has 0 atom stereocenters. The van der Waals surface area contributed by atoms with E-state index in [-0.39, 0.29) is 22.0 Å². The molecule has 2 aromatic carbocycles. The first kappa shape index (κ1) is 22.6. The summed E-state index contributed by atoms with van der Waals surface area (Å²) in [5, 5.41) is 5.34. The minimum atomic E-state index is -0.804. The van der Waals surface area contributed by atoms with Gasteiger partial charge in [-0.05, 0) is 30.3 Å². The van der Waals surface area contributed by atoms with Gasteiger partial charge in [0.25, 0.3) is 17.7 Å². The molecule has 0 radical (unpaired) electrons. The van der Waals surface area contributed by atoms with Gasteiger partial charge < -0.3 is 25.8 Å². The van der Waals surface area contributed by atoms with E-state index in [9.17, 15) is 14.4 Å². The fourth-order valence-corrected chi connectivity index (χ4v) is 3.24. The third-order valence-corrected chi connectivity index (χ3v) is 4.88. The minimum Gasteiger partial charge on any atom is -0.493 e. The summed E-state index contributed by atoms with van der Waals surface area (Å²) in [7, 11) is 4.35. The molecule has 0 spiro atoms. The molecule has 3 amide bonds. The molecule has 0 saturated carbocycles. The molecule has 0 aliphatic rings. The van der Waals surface area contributed by atoms with Gasteiger partial charge in [0.2, 0.25) is 0 Å². The number of imidazole rings is 1. The van der Waals surface area contributed by atoms with Crippen molar-refractivity contribution in [3.8, 4) is 17.2 Å². The lowest BCUT2D eigenvalue weighted by Gasteiger charge is -2.12. The standard InChI is InChI=1S/C21H20ClN5O5/c1-24-21(30)17-18(19(23)28)27(10-25-17)12-6-4-11(5-7-12)26-20(29)13-8-15(31-2)16(32-3)9-14(13)22/h4-10H,1-3H3,(H2,23,28)(H,24,30)(H,26,29). The highest BCUT2D eigenvalue weighted by Crippen LogP contribution is 2.33. The molecule has 0 saturated heterocycles. The van der Waals surface area contributed by atoms with Crippen molar-refractivity contribution in [2.75, 3.05) is 26.6 Å². The van der Waals surface area contributed by atoms with E-state index in [0.717, 1.165) is 0 Å². The van der Waals surface area contributed by atoms with Crippen LogP contribution in [0.3, 0.4) is 0 Å². The van der Waals surface area contributed by atoms with Gasteiger partial charge >= 0.3 is 0 Å². The Morgan fingerprint density at radius 1 is 1.03 bits per heavy atom. The van der Waals surface area contributed by atoms with Gasteiger partial charge in [0.1, 0.15) is 12.0 Å². The topological polar surface area (TPSA) is 138 Å². The fraction of sp³-hybridized carbons (Fsp3) is 0.143. The summed E-state index contributed by atoms with van der Waals surface area (Å²) < 4.78 is 11.8. The number of halogens is 1. The van der Waals surface area contributed by atoms with E-state index in [4.69, 9.17) is 26.8 Å². The highest BCUT2D eigenvalue weighted by molar-refractivity contribution is 6.34. The number of rotatable bonds is 7. The second kappa shape index (κ2) is 9.40. The average Bonchev–Trinajstić information content (AvgIpc) is 3.24. The van der Waals surface area contributed by atoms with Crippen LogP contribution in [0.25, 0.3) is 5.69 Å². The maximum Gasteiger partial charge on any atom is 0.272 e. The first-order chi connectivity index (χ1) is 15.3. The van der Waals surface area contributed by atoms with E-state index in [1.807, 2.05) is 0 Å². The van der Waals surface area contributed by atoms with Crippen molar-refractivity contribution in [1.82, 2.24) is 14.9 Å². The first-order valence-corrected chi connectivity index (χ1v) is 9.61. The van der Waals surface area contributed by atoms with Gasteiger partial charge in [-0.1, -0.05) is 11.6 Å². The number of benzene rings is 2. The Labute approximate surface area is 188 Å². The van der Waals surface area contributed by atoms with E-state index in [1.54, 1.807) is 24.3 Å². The predicted octanol–water partition coefficient (Wildman–Crippen LogP) is 2.25. The SMILES string of the molecule is CNC(=O)c1ncn(-c2ccc(NC(=O)c3cc(OC)c(OC)cc3Cl)cc2)c1C(N)=O. The minimum absolute atomic E-state index is 0.0572. The summed E-state index contributed by atoms with van der Waals surface area (Å²) in [6.45, 7) is 0. The van der Waals surface area contributed by atoms with Crippen molar-refractivity contribution in [2.24, 2.45) is 5.73 Å². The largest absolute Gasteiger partial charge is 0.493 e. The zero-order valence-electron chi connectivity index (χ0n) is 17.4. The van der Waals surface area contributed by atoms with Gasteiger partial charge in [0.05, 0.1) is 24.8 Å². The second-order valence-electron chi connectivity index (χ2n) is 6.44. The van der Waals surface area contributed by atoms with Crippen molar-refractivity contribution in [3.05, 3.63) is 64.7 Å². The number of nitrogens with two attached hydrogens (primary N) is 1. The molecule has 1 aromatic heterocycles. The van der Waals surface area contributed by atoms with Gasteiger partial charge in [-0.3, -0.25) is 19.0 Å². The molecule has 0 unspecified atom stereocenters. The molecule has 0 fully saturated rings. The lowest BCUT2D eigenvalue weighted by molar-refractivity contribution is 0.0937. The molecule has 32 heavy (non-hydrogen) atoms. The molecule has 166 valence electrons. The number of aromatic nitrogens is 2. The number of nitrogens with one attached hydrogen (secondary N) is 2. The Morgan fingerprint density at radius 3 is 2.22 bits per heavy atom. The maximum absolute atomic E-state index is 12.7. The van der Waals surface area contributed by atoms with Crippen LogP contribution in [0.1, 0.15) is 31.3 Å². The van der Waals surface area contributed by atoms with E-state index >= 15 is 0 Å². The van der Waals surface area contributed by atoms with E-state index in [1.165, 1.54) is 44.3 Å². The summed E-state index contributed by atoms with van der Waals surface area (Å²) in [6, 6.07) is 9.47. The maximum atomic E-state index is 12.7. The number of ether oxygens (including phenoxy) is 2. The van der Waals surface area contributed by atoms with Gasteiger partial charge in [-0.15, -0.1) is 0 Å². The van der Waals surface area contributed by atoms with Crippen LogP contribution in [0.5, 0.6) is 11.5 Å². The molecule has 1 heterocycles. The quantitative estimate of drug-likeness (QED) is 0.497. The number of amides is 3. The van der Waals surface area contributed by atoms with E-state index in [0.29, 0.717) is 22.9 Å². The number of primary amides is 1. The Morgan fingerprint density at radius 2 is 1.66 bits per heavy atom. The summed E-state index contributed by atoms with van der Waals surface area (Å²) in [5.41, 5.74) is 6.49. The van der Waals surface area contributed by atoms with Crippen molar-refractivity contribution in [2.45, 2.75) is 0 Å². The van der Waals surface area contributed by atoms with Crippen LogP contribution in [0, 0.1) is 0 Å². The summed E-state index contributed by atoms with van der Waals surface area (Å²) in [4.78, 5) is 40.5. The summed E-state index contributed by atoms with van der Waals surface area (Å²) in [6.07, 6.45) is 1.32. The number of hydrogen-bond acceptors (Lipinski definition) is 6. The molecule has 3 rings (SSSR count). The molecule has 0 bridgehead atoms. The lowest BCUT2D eigenvalue weighted by Crippen LogP contribution is -2.25. The van der Waals surface area contributed by atoms with E-state index < -0.39 is 17.7 Å². The smallest absolute Gasteiger partial charge is 0.272 e. The predicted molar refractivity (Wildman–Crippen MR) is 118 cm³/mol. The van der Waals surface area contributed by atoms with Crippen LogP contribution < -0.4 is 25.8 Å². The monoisotopic (exact) mass is 457 g/mol. The summed E-state index contributed by atoms with van der Waals surface area (Å²) in [5.74, 6) is -1.02. The average molecular weight is 458 g/mol. The van der Waals surface area contributed by atoms with Gasteiger partial charge in [0, 0.05) is 24.5 Å². The van der Waals surface area contributed by atoms with Crippen molar-refractivity contribution in [3.63, 3.8) is 0 Å². The second-order valence-corrected chi connectivity index (χ2v) is 6.85. The number of carbonyl (C=O) groups excluding carboxylic acids is 3. The highest BCUT2D eigenvalue weighted by atomic mass is 35.5. The van der Waals surface area contributed by atoms with Gasteiger partial charge in [0.15, 0.2) is 17.2 Å². The molecule has 0 aliphatic carbocycles. The van der Waals surface area contributed by atoms with Crippen LogP contribution in [0.4, 0.5) is 5.69 Å². The molecule has 4 N–H and O–H groups in total. The molecule has 0 aliphatic heterocycles. The molecule has 10 nitrogen and oxygen atoms in total. The molecule has 11 heteroatoms. The molecular formula is C21H20ClN5O5. The molecular weight excluding hydrogens is 438 g/mol. The zero-order chi connectivity index (χ0) is 23.4. The molecule has 3 aromatic rings.